The van der Waals surface area contributed by atoms with Crippen LogP contribution in [-0.2, 0) is 6.54 Å². The number of amides is 1. The maximum absolute atomic E-state index is 13.0. The molecule has 0 atom stereocenters. The summed E-state index contributed by atoms with van der Waals surface area (Å²) in [6, 6.07) is 15.4. The largest absolute Gasteiger partial charge is 0.292 e. The minimum Gasteiger partial charge on any atom is -0.292 e. The number of carbonyl (C=O) groups is 2. The summed E-state index contributed by atoms with van der Waals surface area (Å²) in [4.78, 5) is 42.5. The second kappa shape index (κ2) is 8.20. The molecule has 2 heterocycles. The number of benzene rings is 2. The summed E-state index contributed by atoms with van der Waals surface area (Å²) in [5.41, 5.74) is 5.18. The van der Waals surface area contributed by atoms with E-state index in [0.717, 1.165) is 0 Å². The van der Waals surface area contributed by atoms with Crippen molar-refractivity contribution >= 4 is 34.2 Å². The SMILES string of the molecule is Cc1cc(C(=O)Cn2cnc3ccc(Cl)cc3c2=O)c(C)n1NC(=O)c1ccccc1. The molecule has 0 spiro atoms. The molecule has 156 valence electrons. The lowest BCUT2D eigenvalue weighted by Gasteiger charge is -2.12. The Morgan fingerprint density at radius 1 is 1.06 bits per heavy atom. The fourth-order valence-corrected chi connectivity index (χ4v) is 3.63. The van der Waals surface area contributed by atoms with Gasteiger partial charge in [0.1, 0.15) is 0 Å². The van der Waals surface area contributed by atoms with E-state index in [2.05, 4.69) is 10.4 Å². The molecule has 1 amide bonds. The Hall–Kier alpha value is -3.71. The summed E-state index contributed by atoms with van der Waals surface area (Å²) >= 11 is 5.99. The van der Waals surface area contributed by atoms with Crippen molar-refractivity contribution in [1.82, 2.24) is 14.2 Å². The van der Waals surface area contributed by atoms with Gasteiger partial charge >= 0.3 is 0 Å². The first-order valence-corrected chi connectivity index (χ1v) is 9.96. The van der Waals surface area contributed by atoms with E-state index in [0.29, 0.717) is 38.4 Å². The van der Waals surface area contributed by atoms with E-state index >= 15 is 0 Å². The highest BCUT2D eigenvalue weighted by atomic mass is 35.5. The van der Waals surface area contributed by atoms with Gasteiger partial charge in [-0.15, -0.1) is 0 Å². The first-order valence-electron chi connectivity index (χ1n) is 9.58. The molecule has 0 aliphatic rings. The van der Waals surface area contributed by atoms with E-state index in [-0.39, 0.29) is 23.8 Å². The van der Waals surface area contributed by atoms with Gasteiger partial charge in [-0.1, -0.05) is 29.8 Å². The van der Waals surface area contributed by atoms with E-state index in [4.69, 9.17) is 11.6 Å². The zero-order valence-electron chi connectivity index (χ0n) is 16.9. The zero-order valence-corrected chi connectivity index (χ0v) is 17.7. The third-order valence-corrected chi connectivity index (χ3v) is 5.32. The molecule has 0 unspecified atom stereocenters. The number of hydrogen-bond acceptors (Lipinski definition) is 4. The van der Waals surface area contributed by atoms with E-state index in [1.165, 1.54) is 17.0 Å². The highest BCUT2D eigenvalue weighted by molar-refractivity contribution is 6.31. The molecule has 0 saturated heterocycles. The van der Waals surface area contributed by atoms with E-state index in [1.54, 1.807) is 61.0 Å². The van der Waals surface area contributed by atoms with Crippen molar-refractivity contribution in [1.29, 1.82) is 0 Å². The number of fused-ring (bicyclic) bond motifs is 1. The first kappa shape index (κ1) is 20.6. The second-order valence-electron chi connectivity index (χ2n) is 7.19. The summed E-state index contributed by atoms with van der Waals surface area (Å²) in [5, 5.41) is 0.775. The molecular weight excluding hydrogens is 416 g/mol. The molecule has 4 rings (SSSR count). The van der Waals surface area contributed by atoms with Gasteiger partial charge in [0.25, 0.3) is 11.5 Å². The standard InChI is InChI=1S/C23H19ClN4O3/c1-14-10-18(15(2)28(14)26-22(30)16-6-4-3-5-7-16)21(29)12-27-13-25-20-9-8-17(24)11-19(20)23(27)31/h3-11,13H,12H2,1-2H3,(H,26,30). The average molecular weight is 435 g/mol. The van der Waals surface area contributed by atoms with Crippen molar-refractivity contribution in [2.75, 3.05) is 5.43 Å². The molecule has 0 aliphatic carbocycles. The number of Topliss-reactive ketones (excluding diaryl/α,β-unsaturated/α-hetero) is 1. The average Bonchev–Trinajstić information content (AvgIpc) is 3.05. The van der Waals surface area contributed by atoms with Crippen LogP contribution in [0.3, 0.4) is 0 Å². The molecule has 2 aromatic carbocycles. The Labute approximate surface area is 182 Å². The van der Waals surface area contributed by atoms with Gasteiger partial charge in [-0.25, -0.2) is 4.98 Å². The predicted molar refractivity (Wildman–Crippen MR) is 119 cm³/mol. The third kappa shape index (κ3) is 4.00. The predicted octanol–water partition coefficient (Wildman–Crippen LogP) is 3.74. The van der Waals surface area contributed by atoms with Gasteiger partial charge in [0.05, 0.1) is 23.8 Å². The lowest BCUT2D eigenvalue weighted by molar-refractivity contribution is 0.0966. The summed E-state index contributed by atoms with van der Waals surface area (Å²) in [5.74, 6) is -0.549. The summed E-state index contributed by atoms with van der Waals surface area (Å²) < 4.78 is 2.83. The van der Waals surface area contributed by atoms with Crippen molar-refractivity contribution in [2.24, 2.45) is 0 Å². The number of halogens is 1. The molecule has 8 heteroatoms. The van der Waals surface area contributed by atoms with Gasteiger partial charge < -0.3 is 0 Å². The molecular formula is C23H19ClN4O3. The van der Waals surface area contributed by atoms with Gasteiger partial charge in [-0.2, -0.15) is 0 Å². The van der Waals surface area contributed by atoms with Crippen LogP contribution in [0.2, 0.25) is 5.02 Å². The van der Waals surface area contributed by atoms with Crippen molar-refractivity contribution in [3.63, 3.8) is 0 Å². The summed E-state index contributed by atoms with van der Waals surface area (Å²) in [6.45, 7) is 3.36. The highest BCUT2D eigenvalue weighted by Crippen LogP contribution is 2.17. The smallest absolute Gasteiger partial charge is 0.270 e. The Balaban J connectivity index is 1.61. The van der Waals surface area contributed by atoms with Crippen LogP contribution in [0.15, 0.2) is 65.7 Å². The fraction of sp³-hybridized carbons (Fsp3) is 0.130. The number of aryl methyl sites for hydroxylation is 1. The summed E-state index contributed by atoms with van der Waals surface area (Å²) in [7, 11) is 0. The number of hydrogen-bond donors (Lipinski definition) is 1. The van der Waals surface area contributed by atoms with Crippen molar-refractivity contribution in [3.05, 3.63) is 98.8 Å². The van der Waals surface area contributed by atoms with Crippen LogP contribution in [0.5, 0.6) is 0 Å². The molecule has 0 saturated carbocycles. The van der Waals surface area contributed by atoms with E-state index < -0.39 is 0 Å². The minimum absolute atomic E-state index is 0.175. The van der Waals surface area contributed by atoms with Crippen molar-refractivity contribution < 1.29 is 9.59 Å². The van der Waals surface area contributed by atoms with E-state index in [1.807, 2.05) is 6.07 Å². The van der Waals surface area contributed by atoms with Crippen LogP contribution in [-0.4, -0.2) is 25.9 Å². The zero-order chi connectivity index (χ0) is 22.1. The Bertz CT molecular complexity index is 1370. The molecule has 0 aliphatic heterocycles. The lowest BCUT2D eigenvalue weighted by Crippen LogP contribution is -2.26. The number of nitrogens with zero attached hydrogens (tertiary/aromatic N) is 3. The number of carbonyl (C=O) groups excluding carboxylic acids is 2. The minimum atomic E-state index is -0.341. The summed E-state index contributed by atoms with van der Waals surface area (Å²) in [6.07, 6.45) is 1.35. The van der Waals surface area contributed by atoms with Crippen LogP contribution in [0.1, 0.15) is 32.1 Å². The van der Waals surface area contributed by atoms with Gasteiger partial charge in [0.2, 0.25) is 0 Å². The number of aromatic nitrogens is 3. The Morgan fingerprint density at radius 2 is 1.81 bits per heavy atom. The monoisotopic (exact) mass is 434 g/mol. The topological polar surface area (TPSA) is 86.0 Å². The maximum Gasteiger partial charge on any atom is 0.270 e. The molecule has 31 heavy (non-hydrogen) atoms. The Kier molecular flexibility index (Phi) is 5.44. The van der Waals surface area contributed by atoms with Crippen LogP contribution in [0.4, 0.5) is 0 Å². The molecule has 1 N–H and O–H groups in total. The number of ketones is 1. The Morgan fingerprint density at radius 3 is 2.55 bits per heavy atom. The van der Waals surface area contributed by atoms with Crippen molar-refractivity contribution in [2.45, 2.75) is 20.4 Å². The quantitative estimate of drug-likeness (QED) is 0.485. The number of nitrogens with one attached hydrogen (secondary N) is 1. The molecule has 2 aromatic heterocycles. The second-order valence-corrected chi connectivity index (χ2v) is 7.63. The molecule has 0 bridgehead atoms. The fourth-order valence-electron chi connectivity index (χ4n) is 3.46. The molecule has 4 aromatic rings. The van der Waals surface area contributed by atoms with Gasteiger partial charge in [0, 0.05) is 27.5 Å². The van der Waals surface area contributed by atoms with Gasteiger partial charge in [-0.05, 0) is 50.2 Å². The van der Waals surface area contributed by atoms with Crippen LogP contribution >= 0.6 is 11.6 Å². The first-order chi connectivity index (χ1) is 14.8. The number of rotatable bonds is 5. The van der Waals surface area contributed by atoms with Crippen LogP contribution in [0, 0.1) is 13.8 Å². The highest BCUT2D eigenvalue weighted by Gasteiger charge is 2.19. The van der Waals surface area contributed by atoms with Crippen molar-refractivity contribution in [3.8, 4) is 0 Å². The maximum atomic E-state index is 13.0. The van der Waals surface area contributed by atoms with Gasteiger partial charge in [-0.3, -0.25) is 29.1 Å². The van der Waals surface area contributed by atoms with Gasteiger partial charge in [0.15, 0.2) is 5.78 Å². The lowest BCUT2D eigenvalue weighted by atomic mass is 10.1. The van der Waals surface area contributed by atoms with Crippen LogP contribution in [0.25, 0.3) is 10.9 Å². The molecule has 0 fully saturated rings. The third-order valence-electron chi connectivity index (χ3n) is 5.08. The molecule has 7 nitrogen and oxygen atoms in total. The molecule has 0 radical (unpaired) electrons. The van der Waals surface area contributed by atoms with Crippen LogP contribution < -0.4 is 11.0 Å². The normalized spacial score (nSPS) is 10.9. The van der Waals surface area contributed by atoms with E-state index in [9.17, 15) is 14.4 Å².